The van der Waals surface area contributed by atoms with Crippen molar-refractivity contribution in [1.82, 2.24) is 0 Å². The third-order valence-corrected chi connectivity index (χ3v) is 2.80. The molecule has 2 rings (SSSR count). The van der Waals surface area contributed by atoms with E-state index >= 15 is 0 Å². The number of benzene rings is 1. The minimum atomic E-state index is -0.225. The van der Waals surface area contributed by atoms with Crippen LogP contribution in [0.3, 0.4) is 0 Å². The van der Waals surface area contributed by atoms with Gasteiger partial charge >= 0.3 is 5.97 Å². The van der Waals surface area contributed by atoms with Crippen molar-refractivity contribution in [2.75, 3.05) is 0 Å². The molecule has 0 heterocycles. The smallest absolute Gasteiger partial charge is 0.338 e. The van der Waals surface area contributed by atoms with E-state index < -0.39 is 0 Å². The second-order valence-electron chi connectivity index (χ2n) is 4.22. The van der Waals surface area contributed by atoms with Crippen LogP contribution in [0.4, 0.5) is 0 Å². The molecule has 1 unspecified atom stereocenters. The van der Waals surface area contributed by atoms with Gasteiger partial charge in [0.1, 0.15) is 6.10 Å². The summed E-state index contributed by atoms with van der Waals surface area (Å²) >= 11 is 0. The van der Waals surface area contributed by atoms with Crippen molar-refractivity contribution in [3.05, 3.63) is 47.5 Å². The molecule has 0 bridgehead atoms. The Hall–Kier alpha value is -1.57. The van der Waals surface area contributed by atoms with Crippen LogP contribution in [0.25, 0.3) is 0 Å². The van der Waals surface area contributed by atoms with Crippen molar-refractivity contribution in [3.8, 4) is 0 Å². The summed E-state index contributed by atoms with van der Waals surface area (Å²) in [6.45, 7) is 2.09. The molecule has 0 N–H and O–H groups in total. The largest absolute Gasteiger partial charge is 0.455 e. The van der Waals surface area contributed by atoms with E-state index in [-0.39, 0.29) is 12.1 Å². The van der Waals surface area contributed by atoms with E-state index in [0.29, 0.717) is 5.56 Å². The lowest BCUT2D eigenvalue weighted by Crippen LogP contribution is -2.18. The Morgan fingerprint density at radius 2 is 2.06 bits per heavy atom. The molecule has 2 heteroatoms. The number of allylic oxidation sites excluding steroid dienone is 1. The quantitative estimate of drug-likeness (QED) is 0.560. The average molecular weight is 216 g/mol. The van der Waals surface area contributed by atoms with Gasteiger partial charge in [0.15, 0.2) is 0 Å². The number of ether oxygens (including phenoxy) is 1. The number of hydrogen-bond donors (Lipinski definition) is 0. The highest BCUT2D eigenvalue weighted by Gasteiger charge is 2.16. The molecule has 0 radical (unpaired) electrons. The first-order valence-electron chi connectivity index (χ1n) is 5.69. The fourth-order valence-corrected chi connectivity index (χ4v) is 1.94. The predicted molar refractivity (Wildman–Crippen MR) is 63.3 cm³/mol. The maximum Gasteiger partial charge on any atom is 0.338 e. The molecule has 0 fully saturated rings. The van der Waals surface area contributed by atoms with Gasteiger partial charge < -0.3 is 4.74 Å². The molecule has 0 saturated heterocycles. The van der Waals surface area contributed by atoms with E-state index in [0.717, 1.165) is 19.3 Å². The van der Waals surface area contributed by atoms with Crippen molar-refractivity contribution in [3.63, 3.8) is 0 Å². The maximum absolute atomic E-state index is 11.8. The highest BCUT2D eigenvalue weighted by Crippen LogP contribution is 2.20. The summed E-state index contributed by atoms with van der Waals surface area (Å²) in [5.74, 6) is -0.225. The van der Waals surface area contributed by atoms with E-state index in [9.17, 15) is 4.79 Å². The zero-order valence-electron chi connectivity index (χ0n) is 9.48. The van der Waals surface area contributed by atoms with E-state index in [2.05, 4.69) is 13.0 Å². The molecule has 1 aliphatic carbocycles. The molecule has 16 heavy (non-hydrogen) atoms. The fourth-order valence-electron chi connectivity index (χ4n) is 1.94. The molecule has 0 saturated carbocycles. The molecule has 84 valence electrons. The van der Waals surface area contributed by atoms with Gasteiger partial charge in [-0.05, 0) is 44.4 Å². The van der Waals surface area contributed by atoms with Crippen LogP contribution >= 0.6 is 0 Å². The highest BCUT2D eigenvalue weighted by molar-refractivity contribution is 5.89. The highest BCUT2D eigenvalue weighted by atomic mass is 16.5. The Labute approximate surface area is 95.9 Å². The van der Waals surface area contributed by atoms with Gasteiger partial charge in [0.2, 0.25) is 0 Å². The molecule has 0 amide bonds. The third-order valence-electron chi connectivity index (χ3n) is 2.80. The Balaban J connectivity index is 2.00. The molecule has 0 aromatic heterocycles. The first-order chi connectivity index (χ1) is 7.75. The average Bonchev–Trinajstić information content (AvgIpc) is 2.30. The van der Waals surface area contributed by atoms with E-state index in [1.807, 2.05) is 18.2 Å². The minimum absolute atomic E-state index is 0.0403. The second-order valence-corrected chi connectivity index (χ2v) is 4.22. The summed E-state index contributed by atoms with van der Waals surface area (Å²) in [7, 11) is 0. The molecule has 2 nitrogen and oxygen atoms in total. The van der Waals surface area contributed by atoms with Gasteiger partial charge in [-0.3, -0.25) is 0 Å². The summed E-state index contributed by atoms with van der Waals surface area (Å²) in [4.78, 5) is 11.8. The third kappa shape index (κ3) is 2.72. The number of esters is 1. The van der Waals surface area contributed by atoms with Gasteiger partial charge in [0.05, 0.1) is 5.56 Å². The van der Waals surface area contributed by atoms with E-state index in [4.69, 9.17) is 4.74 Å². The molecule has 1 aromatic rings. The topological polar surface area (TPSA) is 26.3 Å². The van der Waals surface area contributed by atoms with E-state index in [1.165, 1.54) is 5.57 Å². The van der Waals surface area contributed by atoms with Gasteiger partial charge in [0.25, 0.3) is 0 Å². The van der Waals surface area contributed by atoms with Gasteiger partial charge in [-0.1, -0.05) is 23.8 Å². The molecular formula is C14H16O2. The molecular weight excluding hydrogens is 200 g/mol. The van der Waals surface area contributed by atoms with Crippen molar-refractivity contribution in [1.29, 1.82) is 0 Å². The van der Waals surface area contributed by atoms with E-state index in [1.54, 1.807) is 12.1 Å². The van der Waals surface area contributed by atoms with Crippen LogP contribution in [0.2, 0.25) is 0 Å². The minimum Gasteiger partial charge on any atom is -0.455 e. The lowest BCUT2D eigenvalue weighted by atomic mass is 9.99. The number of carbonyl (C=O) groups excluding carboxylic acids is 1. The monoisotopic (exact) mass is 216 g/mol. The van der Waals surface area contributed by atoms with Crippen LogP contribution in [0.5, 0.6) is 0 Å². The molecule has 0 aliphatic heterocycles. The lowest BCUT2D eigenvalue weighted by molar-refractivity contribution is 0.0367. The van der Waals surface area contributed by atoms with Crippen LogP contribution in [0.1, 0.15) is 36.5 Å². The first-order valence-corrected chi connectivity index (χ1v) is 5.69. The second kappa shape index (κ2) is 4.97. The summed E-state index contributed by atoms with van der Waals surface area (Å²) in [6.07, 6.45) is 5.19. The number of carbonyl (C=O) groups is 1. The Morgan fingerprint density at radius 3 is 2.75 bits per heavy atom. The van der Waals surface area contributed by atoms with Gasteiger partial charge in [-0.2, -0.15) is 0 Å². The van der Waals surface area contributed by atoms with Crippen LogP contribution in [-0.2, 0) is 4.74 Å². The normalized spacial score (nSPS) is 20.1. The Kier molecular flexibility index (Phi) is 3.40. The fraction of sp³-hybridized carbons (Fsp3) is 0.357. The van der Waals surface area contributed by atoms with Crippen molar-refractivity contribution >= 4 is 5.97 Å². The van der Waals surface area contributed by atoms with Crippen molar-refractivity contribution in [2.24, 2.45) is 0 Å². The first kappa shape index (κ1) is 10.9. The summed E-state index contributed by atoms with van der Waals surface area (Å²) in [5, 5.41) is 0. The van der Waals surface area contributed by atoms with Crippen LogP contribution in [0.15, 0.2) is 42.0 Å². The van der Waals surface area contributed by atoms with Gasteiger partial charge in [-0.25, -0.2) is 4.79 Å². The van der Waals surface area contributed by atoms with Crippen molar-refractivity contribution < 1.29 is 9.53 Å². The molecule has 1 aromatic carbocycles. The predicted octanol–water partition coefficient (Wildman–Crippen LogP) is 3.34. The van der Waals surface area contributed by atoms with Crippen LogP contribution in [-0.4, -0.2) is 12.1 Å². The standard InChI is InChI=1S/C14H16O2/c1-11-6-5-9-13(10-11)16-14(15)12-7-3-2-4-8-12/h2-4,7-8,10,13H,5-6,9H2,1H3. The Morgan fingerprint density at radius 1 is 1.31 bits per heavy atom. The SMILES string of the molecule is CC1=CC(OC(=O)c2ccccc2)CCC1. The zero-order chi connectivity index (χ0) is 11.4. The molecule has 1 atom stereocenters. The van der Waals surface area contributed by atoms with Gasteiger partial charge in [-0.15, -0.1) is 0 Å². The van der Waals surface area contributed by atoms with Crippen LogP contribution < -0.4 is 0 Å². The number of rotatable bonds is 2. The van der Waals surface area contributed by atoms with Crippen LogP contribution in [0, 0.1) is 0 Å². The van der Waals surface area contributed by atoms with Crippen molar-refractivity contribution in [2.45, 2.75) is 32.3 Å². The zero-order valence-corrected chi connectivity index (χ0v) is 9.48. The van der Waals surface area contributed by atoms with Gasteiger partial charge in [0, 0.05) is 0 Å². The maximum atomic E-state index is 11.8. The lowest BCUT2D eigenvalue weighted by Gasteiger charge is -2.19. The molecule has 1 aliphatic rings. The Bertz CT molecular complexity index is 392. The number of hydrogen-bond acceptors (Lipinski definition) is 2. The summed E-state index contributed by atoms with van der Waals surface area (Å²) < 4.78 is 5.43. The molecule has 0 spiro atoms. The summed E-state index contributed by atoms with van der Waals surface area (Å²) in [5.41, 5.74) is 1.94. The summed E-state index contributed by atoms with van der Waals surface area (Å²) in [6, 6.07) is 9.14.